The van der Waals surface area contributed by atoms with Crippen LogP contribution in [0.2, 0.25) is 0 Å². The highest BCUT2D eigenvalue weighted by molar-refractivity contribution is 7.25. The van der Waals surface area contributed by atoms with E-state index in [0.29, 0.717) is 5.56 Å². The number of nitrogens with zero attached hydrogens (tertiary/aromatic N) is 1. The highest BCUT2D eigenvalue weighted by Crippen LogP contribution is 2.36. The van der Waals surface area contributed by atoms with Crippen molar-refractivity contribution in [1.82, 2.24) is 0 Å². The average Bonchev–Trinajstić information content (AvgIpc) is 2.74. The first-order chi connectivity index (χ1) is 9.06. The standard InChI is InChI=1S/C15H13NO2S/c1-16(2)10-4-6-12-11-5-3-9(15(17)18)7-13(11)19-14(12)8-10/h3-8H,1-2H3,(H,17,18). The molecule has 19 heavy (non-hydrogen) atoms. The molecule has 1 N–H and O–H groups in total. The number of benzene rings is 2. The maximum absolute atomic E-state index is 11.0. The summed E-state index contributed by atoms with van der Waals surface area (Å²) < 4.78 is 2.20. The number of aromatic carboxylic acids is 1. The van der Waals surface area contributed by atoms with Crippen LogP contribution in [-0.4, -0.2) is 25.2 Å². The van der Waals surface area contributed by atoms with Gasteiger partial charge in [-0.3, -0.25) is 0 Å². The molecule has 0 spiro atoms. The van der Waals surface area contributed by atoms with E-state index in [-0.39, 0.29) is 0 Å². The SMILES string of the molecule is CN(C)c1ccc2c(c1)sc1cc(C(=O)O)ccc12. The second-order valence-corrected chi connectivity index (χ2v) is 5.78. The van der Waals surface area contributed by atoms with Gasteiger partial charge in [0.15, 0.2) is 0 Å². The largest absolute Gasteiger partial charge is 0.478 e. The zero-order valence-electron chi connectivity index (χ0n) is 10.7. The molecule has 2 aromatic carbocycles. The van der Waals surface area contributed by atoms with E-state index in [4.69, 9.17) is 5.11 Å². The first-order valence-corrected chi connectivity index (χ1v) is 6.75. The van der Waals surface area contributed by atoms with Crippen molar-refractivity contribution in [1.29, 1.82) is 0 Å². The highest BCUT2D eigenvalue weighted by Gasteiger charge is 2.09. The third kappa shape index (κ3) is 1.94. The van der Waals surface area contributed by atoms with Crippen LogP contribution in [0.25, 0.3) is 20.2 Å². The van der Waals surface area contributed by atoms with Crippen LogP contribution in [0.5, 0.6) is 0 Å². The van der Waals surface area contributed by atoms with Gasteiger partial charge in [-0.2, -0.15) is 0 Å². The Morgan fingerprint density at radius 2 is 1.68 bits per heavy atom. The monoisotopic (exact) mass is 271 g/mol. The van der Waals surface area contributed by atoms with E-state index >= 15 is 0 Å². The van der Waals surface area contributed by atoms with Gasteiger partial charge in [-0.25, -0.2) is 4.79 Å². The van der Waals surface area contributed by atoms with Crippen molar-refractivity contribution < 1.29 is 9.90 Å². The number of fused-ring (bicyclic) bond motifs is 3. The molecular weight excluding hydrogens is 258 g/mol. The van der Waals surface area contributed by atoms with Crippen LogP contribution in [0.4, 0.5) is 5.69 Å². The van der Waals surface area contributed by atoms with Gasteiger partial charge in [0.25, 0.3) is 0 Å². The molecule has 0 unspecified atom stereocenters. The smallest absolute Gasteiger partial charge is 0.335 e. The number of hydrogen-bond acceptors (Lipinski definition) is 3. The molecular formula is C15H13NO2S. The maximum Gasteiger partial charge on any atom is 0.335 e. The lowest BCUT2D eigenvalue weighted by Gasteiger charge is -2.11. The molecule has 3 nitrogen and oxygen atoms in total. The van der Waals surface area contributed by atoms with E-state index in [9.17, 15) is 4.79 Å². The fourth-order valence-corrected chi connectivity index (χ4v) is 3.36. The van der Waals surface area contributed by atoms with Gasteiger partial charge in [0.1, 0.15) is 0 Å². The summed E-state index contributed by atoms with van der Waals surface area (Å²) in [5.74, 6) is -0.881. The molecule has 0 saturated carbocycles. The van der Waals surface area contributed by atoms with Gasteiger partial charge in [0.2, 0.25) is 0 Å². The Morgan fingerprint density at radius 1 is 1.05 bits per heavy atom. The van der Waals surface area contributed by atoms with Crippen molar-refractivity contribution >= 4 is 43.2 Å². The Morgan fingerprint density at radius 3 is 2.32 bits per heavy atom. The van der Waals surface area contributed by atoms with Crippen LogP contribution >= 0.6 is 11.3 Å². The second kappa shape index (κ2) is 4.24. The molecule has 0 radical (unpaired) electrons. The Bertz CT molecular complexity index is 789. The summed E-state index contributed by atoms with van der Waals surface area (Å²) in [6.07, 6.45) is 0. The lowest BCUT2D eigenvalue weighted by molar-refractivity contribution is 0.0697. The first kappa shape index (κ1) is 12.0. The van der Waals surface area contributed by atoms with Crippen molar-refractivity contribution in [3.05, 3.63) is 42.0 Å². The Hall–Kier alpha value is -2.07. The summed E-state index contributed by atoms with van der Waals surface area (Å²) >= 11 is 1.63. The van der Waals surface area contributed by atoms with Crippen molar-refractivity contribution in [2.75, 3.05) is 19.0 Å². The van der Waals surface area contributed by atoms with E-state index < -0.39 is 5.97 Å². The fraction of sp³-hybridized carbons (Fsp3) is 0.133. The van der Waals surface area contributed by atoms with Gasteiger partial charge in [-0.15, -0.1) is 11.3 Å². The van der Waals surface area contributed by atoms with Crippen molar-refractivity contribution in [3.63, 3.8) is 0 Å². The number of carboxylic acid groups (broad SMARTS) is 1. The number of hydrogen-bond donors (Lipinski definition) is 1. The summed E-state index contributed by atoms with van der Waals surface area (Å²) in [7, 11) is 4.02. The summed E-state index contributed by atoms with van der Waals surface area (Å²) in [5, 5.41) is 11.3. The van der Waals surface area contributed by atoms with Crippen LogP contribution in [0, 0.1) is 0 Å². The first-order valence-electron chi connectivity index (χ1n) is 5.93. The maximum atomic E-state index is 11.0. The molecule has 4 heteroatoms. The van der Waals surface area contributed by atoms with Gasteiger partial charge >= 0.3 is 5.97 Å². The molecule has 0 atom stereocenters. The molecule has 0 amide bonds. The predicted molar refractivity (Wildman–Crippen MR) is 80.6 cm³/mol. The number of thiophene rings is 1. The van der Waals surface area contributed by atoms with E-state index in [2.05, 4.69) is 23.1 Å². The highest BCUT2D eigenvalue weighted by atomic mass is 32.1. The Labute approximate surface area is 114 Å². The van der Waals surface area contributed by atoms with Crippen LogP contribution in [-0.2, 0) is 0 Å². The molecule has 0 aliphatic heterocycles. The number of rotatable bonds is 2. The van der Waals surface area contributed by atoms with Gasteiger partial charge in [0, 0.05) is 40.0 Å². The normalized spacial score (nSPS) is 11.1. The van der Waals surface area contributed by atoms with Gasteiger partial charge in [-0.1, -0.05) is 12.1 Å². The Balaban J connectivity index is 2.28. The lowest BCUT2D eigenvalue weighted by atomic mass is 10.1. The minimum atomic E-state index is -0.881. The summed E-state index contributed by atoms with van der Waals surface area (Å²) in [6.45, 7) is 0. The van der Waals surface area contributed by atoms with Gasteiger partial charge < -0.3 is 10.0 Å². The molecule has 0 saturated heterocycles. The molecule has 0 bridgehead atoms. The van der Waals surface area contributed by atoms with Crippen LogP contribution < -0.4 is 4.90 Å². The second-order valence-electron chi connectivity index (χ2n) is 4.69. The molecule has 0 fully saturated rings. The summed E-state index contributed by atoms with van der Waals surface area (Å²) in [6, 6.07) is 11.6. The molecule has 1 aromatic heterocycles. The zero-order chi connectivity index (χ0) is 13.6. The topological polar surface area (TPSA) is 40.5 Å². The van der Waals surface area contributed by atoms with E-state index in [1.807, 2.05) is 20.2 Å². The minimum Gasteiger partial charge on any atom is -0.478 e. The van der Waals surface area contributed by atoms with Crippen molar-refractivity contribution in [3.8, 4) is 0 Å². The molecule has 0 aliphatic carbocycles. The molecule has 3 rings (SSSR count). The number of anilines is 1. The van der Waals surface area contributed by atoms with Crippen LogP contribution in [0.15, 0.2) is 36.4 Å². The van der Waals surface area contributed by atoms with Crippen molar-refractivity contribution in [2.24, 2.45) is 0 Å². The summed E-state index contributed by atoms with van der Waals surface area (Å²) in [5.41, 5.74) is 1.49. The van der Waals surface area contributed by atoms with Crippen LogP contribution in [0.3, 0.4) is 0 Å². The third-order valence-corrected chi connectivity index (χ3v) is 4.34. The Kier molecular flexibility index (Phi) is 2.68. The average molecular weight is 271 g/mol. The van der Waals surface area contributed by atoms with E-state index in [0.717, 1.165) is 15.8 Å². The van der Waals surface area contributed by atoms with Gasteiger partial charge in [0.05, 0.1) is 5.56 Å². The minimum absolute atomic E-state index is 0.340. The van der Waals surface area contributed by atoms with Crippen LogP contribution in [0.1, 0.15) is 10.4 Å². The van der Waals surface area contributed by atoms with E-state index in [1.54, 1.807) is 23.5 Å². The van der Waals surface area contributed by atoms with Gasteiger partial charge in [-0.05, 0) is 24.3 Å². The van der Waals surface area contributed by atoms with Crippen molar-refractivity contribution in [2.45, 2.75) is 0 Å². The molecule has 1 heterocycles. The molecule has 3 aromatic rings. The van der Waals surface area contributed by atoms with E-state index in [1.165, 1.54) is 10.1 Å². The quantitative estimate of drug-likeness (QED) is 0.770. The lowest BCUT2D eigenvalue weighted by Crippen LogP contribution is -2.07. The zero-order valence-corrected chi connectivity index (χ0v) is 11.5. The molecule has 0 aliphatic rings. The third-order valence-electron chi connectivity index (χ3n) is 3.22. The predicted octanol–water partition coefficient (Wildman–Crippen LogP) is 3.82. The number of carbonyl (C=O) groups is 1. The molecule has 96 valence electrons. The number of carboxylic acids is 1. The summed E-state index contributed by atoms with van der Waals surface area (Å²) in [4.78, 5) is 13.1. The fourth-order valence-electron chi connectivity index (χ4n) is 2.18.